The minimum atomic E-state index is -4.53. The minimum Gasteiger partial charge on any atom is -0.433 e. The maximum Gasteiger partial charge on any atom is 0.394 e. The van der Waals surface area contributed by atoms with Crippen molar-refractivity contribution in [1.82, 2.24) is 14.9 Å². The number of imidazole rings is 1. The highest BCUT2D eigenvalue weighted by Crippen LogP contribution is 2.41. The number of halogens is 5. The molecule has 1 heterocycles. The molecule has 1 aromatic heterocycles. The van der Waals surface area contributed by atoms with E-state index in [-0.39, 0.29) is 52.6 Å². The van der Waals surface area contributed by atoms with Crippen molar-refractivity contribution in [2.45, 2.75) is 77.3 Å². The number of hydrogen-bond acceptors (Lipinski definition) is 5. The highest BCUT2D eigenvalue weighted by atomic mass is 32.2. The Morgan fingerprint density at radius 2 is 1.85 bits per heavy atom. The van der Waals surface area contributed by atoms with Gasteiger partial charge in [-0.05, 0) is 61.6 Å². The van der Waals surface area contributed by atoms with Crippen molar-refractivity contribution in [3.63, 3.8) is 0 Å². The van der Waals surface area contributed by atoms with Crippen LogP contribution in [-0.2, 0) is 22.7 Å². The van der Waals surface area contributed by atoms with E-state index >= 15 is 0 Å². The van der Waals surface area contributed by atoms with Crippen LogP contribution < -0.4 is 10.1 Å². The van der Waals surface area contributed by atoms with E-state index in [4.69, 9.17) is 11.2 Å². The Kier molecular flexibility index (Phi) is 9.78. The SMILES string of the molecule is C#Cc1c(C(=O)NC[C@H]2CC[C@H](S(C)(=O)=O)CC2)nc(CC)n1-c1ccc(CC(C)(C)C(F)(F)F)cc1OC(F)F. The van der Waals surface area contributed by atoms with Crippen molar-refractivity contribution in [3.05, 3.63) is 41.0 Å². The van der Waals surface area contributed by atoms with Crippen LogP contribution in [0.2, 0.25) is 0 Å². The molecule has 7 nitrogen and oxygen atoms in total. The van der Waals surface area contributed by atoms with Gasteiger partial charge in [0.15, 0.2) is 5.69 Å². The van der Waals surface area contributed by atoms with Crippen LogP contribution >= 0.6 is 0 Å². The lowest BCUT2D eigenvalue weighted by Crippen LogP contribution is -2.34. The second-order valence-electron chi connectivity index (χ2n) is 11.0. The third kappa shape index (κ3) is 7.58. The quantitative estimate of drug-likeness (QED) is 0.287. The molecular weight excluding hydrogens is 569 g/mol. The van der Waals surface area contributed by atoms with Gasteiger partial charge in [-0.3, -0.25) is 9.36 Å². The van der Waals surface area contributed by atoms with Gasteiger partial charge in [-0.1, -0.05) is 26.8 Å². The minimum absolute atomic E-state index is 0.00862. The molecule has 0 radical (unpaired) electrons. The fourth-order valence-electron chi connectivity index (χ4n) is 4.99. The van der Waals surface area contributed by atoms with Gasteiger partial charge in [-0.25, -0.2) is 13.4 Å². The van der Waals surface area contributed by atoms with Gasteiger partial charge in [0.1, 0.15) is 27.1 Å². The molecule has 0 aliphatic heterocycles. The molecule has 1 aliphatic carbocycles. The Labute approximate surface area is 236 Å². The van der Waals surface area contributed by atoms with E-state index in [9.17, 15) is 35.2 Å². The second-order valence-corrected chi connectivity index (χ2v) is 13.3. The number of ether oxygens (including phenoxy) is 1. The first-order valence-corrected chi connectivity index (χ1v) is 15.1. The molecule has 0 saturated heterocycles. The fraction of sp³-hybridized carbons (Fsp3) is 0.571. The van der Waals surface area contributed by atoms with E-state index in [0.29, 0.717) is 25.7 Å². The Balaban J connectivity index is 1.91. The molecule has 1 aromatic carbocycles. The summed E-state index contributed by atoms with van der Waals surface area (Å²) < 4.78 is 96.7. The van der Waals surface area contributed by atoms with Crippen LogP contribution in [0.1, 0.15) is 74.0 Å². The highest BCUT2D eigenvalue weighted by molar-refractivity contribution is 7.91. The molecule has 0 atom stereocenters. The number of carbonyl (C=O) groups excluding carboxylic acids is 1. The fourth-order valence-corrected chi connectivity index (χ4v) is 6.12. The summed E-state index contributed by atoms with van der Waals surface area (Å²) in [6.07, 6.45) is 4.46. The molecule has 0 unspecified atom stereocenters. The lowest BCUT2D eigenvalue weighted by Gasteiger charge is -2.28. The lowest BCUT2D eigenvalue weighted by atomic mass is 9.85. The first kappa shape index (κ1) is 32.4. The van der Waals surface area contributed by atoms with Crippen LogP contribution in [-0.4, -0.2) is 54.7 Å². The molecule has 13 heteroatoms. The van der Waals surface area contributed by atoms with Crippen LogP contribution in [0.15, 0.2) is 18.2 Å². The van der Waals surface area contributed by atoms with E-state index in [2.05, 4.69) is 16.2 Å². The molecule has 0 bridgehead atoms. The van der Waals surface area contributed by atoms with E-state index in [1.807, 2.05) is 0 Å². The lowest BCUT2D eigenvalue weighted by molar-refractivity contribution is -0.211. The summed E-state index contributed by atoms with van der Waals surface area (Å²) in [5.74, 6) is 1.73. The molecule has 41 heavy (non-hydrogen) atoms. The van der Waals surface area contributed by atoms with Crippen molar-refractivity contribution >= 4 is 15.7 Å². The molecule has 1 N–H and O–H groups in total. The van der Waals surface area contributed by atoms with E-state index in [1.165, 1.54) is 23.0 Å². The number of nitrogens with one attached hydrogen (secondary N) is 1. The van der Waals surface area contributed by atoms with Crippen molar-refractivity contribution in [1.29, 1.82) is 0 Å². The maximum atomic E-state index is 13.4. The molecule has 0 spiro atoms. The summed E-state index contributed by atoms with van der Waals surface area (Å²) >= 11 is 0. The van der Waals surface area contributed by atoms with Crippen molar-refractivity contribution in [3.8, 4) is 23.8 Å². The highest BCUT2D eigenvalue weighted by Gasteiger charge is 2.47. The molecule has 1 aliphatic rings. The zero-order valence-electron chi connectivity index (χ0n) is 23.3. The number of sulfone groups is 1. The number of amides is 1. The summed E-state index contributed by atoms with van der Waals surface area (Å²) in [7, 11) is -3.12. The van der Waals surface area contributed by atoms with Crippen LogP contribution in [0.5, 0.6) is 5.75 Å². The van der Waals surface area contributed by atoms with Crippen molar-refractivity contribution in [2.24, 2.45) is 11.3 Å². The Morgan fingerprint density at radius 1 is 1.22 bits per heavy atom. The first-order valence-electron chi connectivity index (χ1n) is 13.2. The van der Waals surface area contributed by atoms with Crippen molar-refractivity contribution < 1.29 is 39.9 Å². The number of aryl methyl sites for hydroxylation is 1. The van der Waals surface area contributed by atoms with Gasteiger partial charge in [-0.15, -0.1) is 6.42 Å². The predicted molar refractivity (Wildman–Crippen MR) is 144 cm³/mol. The molecule has 2 aromatic rings. The van der Waals surface area contributed by atoms with Gasteiger partial charge < -0.3 is 10.1 Å². The number of hydrogen-bond donors (Lipinski definition) is 1. The number of aromatic nitrogens is 2. The predicted octanol–water partition coefficient (Wildman–Crippen LogP) is 5.48. The zero-order chi connectivity index (χ0) is 30.8. The van der Waals surface area contributed by atoms with Gasteiger partial charge in [0.25, 0.3) is 5.91 Å². The van der Waals surface area contributed by atoms with Gasteiger partial charge in [-0.2, -0.15) is 22.0 Å². The van der Waals surface area contributed by atoms with Gasteiger partial charge in [0.05, 0.1) is 16.4 Å². The smallest absolute Gasteiger partial charge is 0.394 e. The summed E-state index contributed by atoms with van der Waals surface area (Å²) in [5.41, 5.74) is -2.13. The number of alkyl halides is 5. The summed E-state index contributed by atoms with van der Waals surface area (Å²) in [6, 6.07) is 3.80. The normalized spacial score (nSPS) is 18.3. The molecule has 3 rings (SSSR count). The second kappa shape index (κ2) is 12.4. The van der Waals surface area contributed by atoms with Gasteiger partial charge in [0.2, 0.25) is 0 Å². The summed E-state index contributed by atoms with van der Waals surface area (Å²) in [6.45, 7) is 0.741. The van der Waals surface area contributed by atoms with Crippen LogP contribution in [0.3, 0.4) is 0 Å². The monoisotopic (exact) mass is 603 g/mol. The first-order chi connectivity index (χ1) is 19.0. The average Bonchev–Trinajstić information content (AvgIpc) is 3.24. The number of benzene rings is 1. The molecular formula is C28H34F5N3O4S. The largest absolute Gasteiger partial charge is 0.433 e. The van der Waals surface area contributed by atoms with Gasteiger partial charge >= 0.3 is 12.8 Å². The van der Waals surface area contributed by atoms with Crippen LogP contribution in [0.4, 0.5) is 22.0 Å². The number of carbonyl (C=O) groups is 1. The van der Waals surface area contributed by atoms with E-state index < -0.39 is 46.1 Å². The maximum absolute atomic E-state index is 13.4. The Hall–Kier alpha value is -3.14. The molecule has 1 amide bonds. The topological polar surface area (TPSA) is 90.3 Å². The van der Waals surface area contributed by atoms with Crippen molar-refractivity contribution in [2.75, 3.05) is 12.8 Å². The summed E-state index contributed by atoms with van der Waals surface area (Å²) in [5, 5.41) is 2.40. The zero-order valence-corrected chi connectivity index (χ0v) is 24.1. The molecule has 1 fully saturated rings. The number of terminal acetylenes is 1. The number of rotatable bonds is 10. The van der Waals surface area contributed by atoms with Gasteiger partial charge in [0, 0.05) is 19.2 Å². The number of nitrogens with zero attached hydrogens (tertiary/aromatic N) is 2. The average molecular weight is 604 g/mol. The third-order valence-corrected chi connectivity index (χ3v) is 9.14. The van der Waals surface area contributed by atoms with E-state index in [0.717, 1.165) is 19.9 Å². The van der Waals surface area contributed by atoms with Crippen LogP contribution in [0, 0.1) is 23.7 Å². The standard InChI is InChI=1S/C28H34F5N3O4S/c1-6-20-24(25(37)34-16-17-8-11-19(12-9-17)41(5,38)39)35-23(7-2)36(20)21-13-10-18(14-22(21)40-26(29)30)15-27(3,4)28(31,32)33/h1,10,13-14,17,19,26H,7-9,11-12,15-16H2,2-5H3,(H,34,37)/t17-,19-. The van der Waals surface area contributed by atoms with Crippen LogP contribution in [0.25, 0.3) is 5.69 Å². The Morgan fingerprint density at radius 3 is 2.37 bits per heavy atom. The Bertz CT molecular complexity index is 1400. The van der Waals surface area contributed by atoms with E-state index in [1.54, 1.807) is 6.92 Å². The molecule has 1 saturated carbocycles. The summed E-state index contributed by atoms with van der Waals surface area (Å²) in [4.78, 5) is 17.5. The molecule has 226 valence electrons. The third-order valence-electron chi connectivity index (χ3n) is 7.46.